The van der Waals surface area contributed by atoms with Crippen molar-refractivity contribution in [2.24, 2.45) is 0 Å². The summed E-state index contributed by atoms with van der Waals surface area (Å²) in [6.07, 6.45) is -10.1. The number of alkyl halides is 6. The van der Waals surface area contributed by atoms with Crippen molar-refractivity contribution in [2.45, 2.75) is 12.4 Å². The van der Waals surface area contributed by atoms with E-state index in [1.807, 2.05) is 0 Å². The van der Waals surface area contributed by atoms with Crippen molar-refractivity contribution in [3.63, 3.8) is 0 Å². The van der Waals surface area contributed by atoms with Gasteiger partial charge in [0.2, 0.25) is 0 Å². The first-order chi connectivity index (χ1) is 6.23. The van der Waals surface area contributed by atoms with E-state index in [2.05, 4.69) is 0 Å². The van der Waals surface area contributed by atoms with Gasteiger partial charge >= 0.3 is 12.4 Å². The quantitative estimate of drug-likeness (QED) is 0.578. The van der Waals surface area contributed by atoms with Crippen LogP contribution in [-0.2, 0) is 12.4 Å². The zero-order chi connectivity index (χ0) is 11.0. The summed E-state index contributed by atoms with van der Waals surface area (Å²) in [6.45, 7) is 0. The Hall–Kier alpha value is -1.20. The summed E-state index contributed by atoms with van der Waals surface area (Å²) in [5.41, 5.74) is -3.68. The monoisotopic (exact) mass is 212 g/mol. The highest BCUT2D eigenvalue weighted by molar-refractivity contribution is 5.29. The molecular weight excluding hydrogens is 210 g/mol. The number of rotatable bonds is 0. The smallest absolute Gasteiger partial charge is 0.166 e. The maximum absolute atomic E-state index is 12.0. The van der Waals surface area contributed by atoms with Gasteiger partial charge in [-0.1, -0.05) is 12.1 Å². The molecule has 0 aliphatic heterocycles. The molecule has 0 N–H and O–H groups in total. The van der Waals surface area contributed by atoms with Gasteiger partial charge in [0.25, 0.3) is 0 Å². The van der Waals surface area contributed by atoms with E-state index in [0.29, 0.717) is 0 Å². The Morgan fingerprint density at radius 3 is 1.21 bits per heavy atom. The highest BCUT2D eigenvalue weighted by atomic mass is 19.4. The first-order valence-electron chi connectivity index (χ1n) is 3.29. The van der Waals surface area contributed by atoms with Gasteiger partial charge in [0.05, 0.1) is 11.1 Å². The van der Waals surface area contributed by atoms with Gasteiger partial charge in [0.15, 0.2) is 0 Å². The molecule has 0 saturated carbocycles. The summed E-state index contributed by atoms with van der Waals surface area (Å²) >= 11 is 0. The predicted molar refractivity (Wildman–Crippen MR) is 34.1 cm³/mol. The van der Waals surface area contributed by atoms with Crippen molar-refractivity contribution in [2.75, 3.05) is 0 Å². The lowest BCUT2D eigenvalue weighted by molar-refractivity contribution is -0.162. The van der Waals surface area contributed by atoms with Gasteiger partial charge in [-0.25, -0.2) is 0 Å². The van der Waals surface area contributed by atoms with Gasteiger partial charge < -0.3 is 0 Å². The number of benzene rings is 1. The Morgan fingerprint density at radius 2 is 1.00 bits per heavy atom. The van der Waals surface area contributed by atoms with Crippen LogP contribution in [0.2, 0.25) is 0 Å². The molecule has 0 amide bonds. The van der Waals surface area contributed by atoms with E-state index in [-0.39, 0.29) is 0 Å². The van der Waals surface area contributed by atoms with Crippen LogP contribution in [0.5, 0.6) is 0 Å². The van der Waals surface area contributed by atoms with Crippen molar-refractivity contribution in [1.29, 1.82) is 0 Å². The first-order valence-corrected chi connectivity index (χ1v) is 3.29. The van der Waals surface area contributed by atoms with Crippen molar-refractivity contribution >= 4 is 0 Å². The molecule has 0 bridgehead atoms. The SMILES string of the molecule is FC(F)(F)c1[c]cc[c]c1C(F)(F)F. The molecule has 1 rings (SSSR count). The summed E-state index contributed by atoms with van der Waals surface area (Å²) in [4.78, 5) is 0. The van der Waals surface area contributed by atoms with Crippen LogP contribution in [-0.4, -0.2) is 0 Å². The van der Waals surface area contributed by atoms with Crippen molar-refractivity contribution in [3.8, 4) is 0 Å². The van der Waals surface area contributed by atoms with Gasteiger partial charge in [-0.2, -0.15) is 26.3 Å². The van der Waals surface area contributed by atoms with E-state index in [9.17, 15) is 26.3 Å². The molecule has 0 unspecified atom stereocenters. The maximum atomic E-state index is 12.0. The standard InChI is InChI=1S/C8H2F6/c9-7(10,11)5-3-1-2-4-6(5)8(12,13)14/h1-2H. The molecule has 0 spiro atoms. The predicted octanol–water partition coefficient (Wildman–Crippen LogP) is 3.32. The van der Waals surface area contributed by atoms with E-state index in [1.165, 1.54) is 12.1 Å². The van der Waals surface area contributed by atoms with Crippen LogP contribution in [0, 0.1) is 12.1 Å². The summed E-state index contributed by atoms with van der Waals surface area (Å²) in [7, 11) is 0. The molecule has 0 nitrogen and oxygen atoms in total. The van der Waals surface area contributed by atoms with Gasteiger partial charge in [0, 0.05) is 0 Å². The Kier molecular flexibility index (Phi) is 2.47. The van der Waals surface area contributed by atoms with E-state index in [4.69, 9.17) is 0 Å². The Morgan fingerprint density at radius 1 is 0.714 bits per heavy atom. The molecule has 6 heteroatoms. The lowest BCUT2D eigenvalue weighted by Gasteiger charge is -2.13. The second kappa shape index (κ2) is 3.18. The Bertz CT molecular complexity index is 288. The van der Waals surface area contributed by atoms with Crippen LogP contribution in [0.1, 0.15) is 11.1 Å². The van der Waals surface area contributed by atoms with Crippen LogP contribution in [0.3, 0.4) is 0 Å². The lowest BCUT2D eigenvalue weighted by Crippen LogP contribution is -2.16. The number of hydrogen-bond acceptors (Lipinski definition) is 0. The van der Waals surface area contributed by atoms with E-state index in [0.717, 1.165) is 12.1 Å². The topological polar surface area (TPSA) is 0 Å². The third-order valence-corrected chi connectivity index (χ3v) is 1.36. The summed E-state index contributed by atoms with van der Waals surface area (Å²) < 4.78 is 72.2. The minimum absolute atomic E-state index is 0.734. The largest absolute Gasteiger partial charge is 0.417 e. The van der Waals surface area contributed by atoms with Crippen LogP contribution in [0.15, 0.2) is 12.1 Å². The van der Waals surface area contributed by atoms with Crippen LogP contribution < -0.4 is 0 Å². The molecule has 1 aromatic rings. The lowest BCUT2D eigenvalue weighted by atomic mass is 10.1. The summed E-state index contributed by atoms with van der Waals surface area (Å²) in [5, 5.41) is 0. The molecule has 0 fully saturated rings. The molecule has 14 heavy (non-hydrogen) atoms. The fourth-order valence-electron chi connectivity index (χ4n) is 0.841. The molecule has 0 aliphatic rings. The fourth-order valence-corrected chi connectivity index (χ4v) is 0.841. The van der Waals surface area contributed by atoms with Gasteiger partial charge in [-0.3, -0.25) is 0 Å². The average molecular weight is 212 g/mol. The zero-order valence-electron chi connectivity index (χ0n) is 6.42. The van der Waals surface area contributed by atoms with E-state index >= 15 is 0 Å². The molecular formula is C8H2F6. The van der Waals surface area contributed by atoms with Gasteiger partial charge in [-0.05, 0) is 12.1 Å². The van der Waals surface area contributed by atoms with Crippen molar-refractivity contribution in [3.05, 3.63) is 35.4 Å². The average Bonchev–Trinajstić information content (AvgIpc) is 2.01. The third-order valence-electron chi connectivity index (χ3n) is 1.36. The Labute approximate surface area is 75.2 Å². The fraction of sp³-hybridized carbons (Fsp3) is 0.250. The van der Waals surface area contributed by atoms with Crippen molar-refractivity contribution in [1.82, 2.24) is 0 Å². The molecule has 1 aromatic carbocycles. The highest BCUT2D eigenvalue weighted by Crippen LogP contribution is 2.39. The van der Waals surface area contributed by atoms with Gasteiger partial charge in [-0.15, -0.1) is 0 Å². The highest BCUT2D eigenvalue weighted by Gasteiger charge is 2.42. The van der Waals surface area contributed by atoms with Gasteiger partial charge in [0.1, 0.15) is 0 Å². The molecule has 0 atom stereocenters. The van der Waals surface area contributed by atoms with Crippen LogP contribution in [0.4, 0.5) is 26.3 Å². The Balaban J connectivity index is 3.31. The minimum Gasteiger partial charge on any atom is -0.166 e. The third kappa shape index (κ3) is 2.18. The molecule has 0 aromatic heterocycles. The van der Waals surface area contributed by atoms with Crippen LogP contribution >= 0.6 is 0 Å². The van der Waals surface area contributed by atoms with E-state index in [1.54, 1.807) is 0 Å². The molecule has 2 radical (unpaired) electrons. The molecule has 0 saturated heterocycles. The maximum Gasteiger partial charge on any atom is 0.417 e. The molecule has 0 aliphatic carbocycles. The summed E-state index contributed by atoms with van der Waals surface area (Å²) in [5.74, 6) is 0. The van der Waals surface area contributed by atoms with E-state index < -0.39 is 23.5 Å². The second-order valence-corrected chi connectivity index (χ2v) is 2.37. The number of halogens is 6. The van der Waals surface area contributed by atoms with Crippen LogP contribution in [0.25, 0.3) is 0 Å². The normalized spacial score (nSPS) is 13.0. The number of hydrogen-bond donors (Lipinski definition) is 0. The van der Waals surface area contributed by atoms with Crippen molar-refractivity contribution < 1.29 is 26.3 Å². The molecule has 76 valence electrons. The minimum atomic E-state index is -5.07. The summed E-state index contributed by atoms with van der Waals surface area (Å²) in [6, 6.07) is 4.48. The first kappa shape index (κ1) is 10.9. The molecule has 0 heterocycles. The second-order valence-electron chi connectivity index (χ2n) is 2.37. The zero-order valence-corrected chi connectivity index (χ0v) is 6.42.